The van der Waals surface area contributed by atoms with Crippen LogP contribution in [0.3, 0.4) is 0 Å². The summed E-state index contributed by atoms with van der Waals surface area (Å²) >= 11 is 0. The van der Waals surface area contributed by atoms with Gasteiger partial charge in [-0.15, -0.1) is 0 Å². The lowest BCUT2D eigenvalue weighted by atomic mass is 9.53. The van der Waals surface area contributed by atoms with Crippen LogP contribution in [0.4, 0.5) is 0 Å². The number of fused-ring (bicyclic) bond motifs is 1. The van der Waals surface area contributed by atoms with Crippen molar-refractivity contribution in [2.75, 3.05) is 34.4 Å². The SMILES string of the molecule is CCCCCCCCCCOc1c(OC)ccc2c1[C@@]13CCN(C)[C@@H](C2)[C@H]1C=C(OC)C(=O)C3. The van der Waals surface area contributed by atoms with Crippen LogP contribution in [0, 0.1) is 5.92 Å². The average Bonchev–Trinajstić information content (AvgIpc) is 2.84. The van der Waals surface area contributed by atoms with Gasteiger partial charge in [0.2, 0.25) is 0 Å². The molecule has 1 aromatic rings. The maximum Gasteiger partial charge on any atom is 0.197 e. The summed E-state index contributed by atoms with van der Waals surface area (Å²) < 4.78 is 17.8. The molecule has 4 rings (SSSR count). The number of ether oxygens (including phenoxy) is 3. The molecule has 3 atom stereocenters. The number of hydrogen-bond donors (Lipinski definition) is 0. The third kappa shape index (κ3) is 4.73. The zero-order valence-electron chi connectivity index (χ0n) is 21.7. The first-order chi connectivity index (χ1) is 16.6. The van der Waals surface area contributed by atoms with Gasteiger partial charge in [-0.25, -0.2) is 0 Å². The molecule has 5 heteroatoms. The number of hydrogen-bond acceptors (Lipinski definition) is 5. The number of nitrogens with zero attached hydrogens (tertiary/aromatic N) is 1. The molecule has 2 bridgehead atoms. The fourth-order valence-corrected chi connectivity index (χ4v) is 6.56. The van der Waals surface area contributed by atoms with Gasteiger partial charge in [0.25, 0.3) is 0 Å². The average molecular weight is 470 g/mol. The Labute approximate surface area is 205 Å². The van der Waals surface area contributed by atoms with Crippen molar-refractivity contribution in [2.45, 2.75) is 89.0 Å². The van der Waals surface area contributed by atoms with Gasteiger partial charge < -0.3 is 19.1 Å². The highest BCUT2D eigenvalue weighted by molar-refractivity contribution is 5.96. The molecule has 0 radical (unpaired) electrons. The quantitative estimate of drug-likeness (QED) is 0.360. The van der Waals surface area contributed by atoms with E-state index in [0.29, 0.717) is 24.8 Å². The van der Waals surface area contributed by atoms with Gasteiger partial charge in [-0.1, -0.05) is 57.9 Å². The highest BCUT2D eigenvalue weighted by Gasteiger charge is 2.56. The zero-order valence-corrected chi connectivity index (χ0v) is 21.7. The standard InChI is InChI=1S/C29H43NO4/c1-5-6-7-8-9-10-11-12-17-34-28-25(32-3)14-13-21-18-23-22-19-26(33-4)24(31)20-29(22,27(21)28)15-16-30(23)2/h13-14,19,22-23H,5-12,15-18,20H2,1-4H3/t22-,23+,29-/m1/s1. The molecule has 1 saturated heterocycles. The number of piperidine rings is 1. The van der Waals surface area contributed by atoms with Crippen LogP contribution in [0.5, 0.6) is 11.5 Å². The number of methoxy groups -OCH3 is 2. The minimum Gasteiger partial charge on any atom is -0.493 e. The lowest BCUT2D eigenvalue weighted by molar-refractivity contribution is -0.122. The molecule has 3 aliphatic rings. The van der Waals surface area contributed by atoms with Gasteiger partial charge in [0.05, 0.1) is 20.8 Å². The molecular formula is C29H43NO4. The van der Waals surface area contributed by atoms with E-state index in [1.54, 1.807) is 14.2 Å². The number of benzene rings is 1. The Bertz CT molecular complexity index is 894. The normalized spacial score (nSPS) is 25.9. The highest BCUT2D eigenvalue weighted by Crippen LogP contribution is 2.58. The topological polar surface area (TPSA) is 48.0 Å². The second-order valence-corrected chi connectivity index (χ2v) is 10.5. The maximum absolute atomic E-state index is 13.1. The monoisotopic (exact) mass is 469 g/mol. The number of carbonyl (C=O) groups is 1. The maximum atomic E-state index is 13.1. The molecule has 0 saturated carbocycles. The van der Waals surface area contributed by atoms with Gasteiger partial charge in [-0.3, -0.25) is 4.79 Å². The van der Waals surface area contributed by atoms with Gasteiger partial charge in [-0.2, -0.15) is 0 Å². The predicted octanol–water partition coefficient (Wildman–Crippen LogP) is 5.83. The number of likely N-dealkylation sites (N-methyl/N-ethyl adjacent to an activating group) is 1. The third-order valence-electron chi connectivity index (χ3n) is 8.43. The molecular weight excluding hydrogens is 426 g/mol. The Kier molecular flexibility index (Phi) is 8.23. The van der Waals surface area contributed by atoms with Crippen molar-refractivity contribution in [3.05, 3.63) is 35.1 Å². The van der Waals surface area contributed by atoms with Crippen molar-refractivity contribution in [1.82, 2.24) is 4.90 Å². The number of ketones is 1. The summed E-state index contributed by atoms with van der Waals surface area (Å²) in [7, 11) is 5.54. The molecule has 1 fully saturated rings. The van der Waals surface area contributed by atoms with Gasteiger partial charge in [0.1, 0.15) is 0 Å². The van der Waals surface area contributed by atoms with Crippen molar-refractivity contribution in [1.29, 1.82) is 0 Å². The van der Waals surface area contributed by atoms with E-state index in [2.05, 4.69) is 37.1 Å². The van der Waals surface area contributed by atoms with Gasteiger partial charge in [-0.05, 0) is 50.6 Å². The molecule has 1 aromatic carbocycles. The van der Waals surface area contributed by atoms with E-state index in [1.165, 1.54) is 56.1 Å². The molecule has 0 spiro atoms. The summed E-state index contributed by atoms with van der Waals surface area (Å²) in [5, 5.41) is 0. The summed E-state index contributed by atoms with van der Waals surface area (Å²) in [5.41, 5.74) is 2.29. The first-order valence-corrected chi connectivity index (χ1v) is 13.4. The molecule has 2 aliphatic carbocycles. The minimum absolute atomic E-state index is 0.103. The summed E-state index contributed by atoms with van der Waals surface area (Å²) in [5.74, 6) is 2.53. The van der Waals surface area contributed by atoms with E-state index < -0.39 is 0 Å². The molecule has 1 heterocycles. The van der Waals surface area contributed by atoms with E-state index in [4.69, 9.17) is 14.2 Å². The lowest BCUT2D eigenvalue weighted by Crippen LogP contribution is -2.60. The largest absolute Gasteiger partial charge is 0.493 e. The molecule has 5 nitrogen and oxygen atoms in total. The Morgan fingerprint density at radius 1 is 1.03 bits per heavy atom. The Morgan fingerprint density at radius 2 is 1.76 bits per heavy atom. The second kappa shape index (κ2) is 11.2. The van der Waals surface area contributed by atoms with E-state index in [1.807, 2.05) is 0 Å². The van der Waals surface area contributed by atoms with Crippen LogP contribution in [0.25, 0.3) is 0 Å². The fraction of sp³-hybridized carbons (Fsp3) is 0.690. The molecule has 0 unspecified atom stereocenters. The number of rotatable bonds is 12. The van der Waals surface area contributed by atoms with Crippen molar-refractivity contribution in [3.8, 4) is 11.5 Å². The summed E-state index contributed by atoms with van der Waals surface area (Å²) in [6.45, 7) is 3.94. The van der Waals surface area contributed by atoms with Crippen LogP contribution < -0.4 is 9.47 Å². The van der Waals surface area contributed by atoms with E-state index in [9.17, 15) is 4.79 Å². The first-order valence-electron chi connectivity index (χ1n) is 13.4. The smallest absolute Gasteiger partial charge is 0.197 e. The van der Waals surface area contributed by atoms with Crippen LogP contribution in [0.1, 0.15) is 82.3 Å². The molecule has 0 amide bonds. The van der Waals surface area contributed by atoms with Gasteiger partial charge in [0, 0.05) is 29.4 Å². The van der Waals surface area contributed by atoms with E-state index in [0.717, 1.165) is 37.3 Å². The zero-order chi connectivity index (χ0) is 24.1. The van der Waals surface area contributed by atoms with Crippen LogP contribution >= 0.6 is 0 Å². The van der Waals surface area contributed by atoms with Crippen molar-refractivity contribution < 1.29 is 19.0 Å². The number of Topliss-reactive ketones (excluding diaryl/α,β-unsaturated/α-hetero) is 1. The molecule has 34 heavy (non-hydrogen) atoms. The van der Waals surface area contributed by atoms with Crippen molar-refractivity contribution in [2.24, 2.45) is 5.92 Å². The second-order valence-electron chi connectivity index (χ2n) is 10.5. The Hall–Kier alpha value is -2.01. The molecule has 188 valence electrons. The fourth-order valence-electron chi connectivity index (χ4n) is 6.56. The van der Waals surface area contributed by atoms with Crippen molar-refractivity contribution >= 4 is 5.78 Å². The number of likely N-dealkylation sites (tertiary alicyclic amines) is 1. The van der Waals surface area contributed by atoms with E-state index in [-0.39, 0.29) is 17.1 Å². The Balaban J connectivity index is 1.56. The Morgan fingerprint density at radius 3 is 2.47 bits per heavy atom. The highest BCUT2D eigenvalue weighted by atomic mass is 16.5. The molecule has 0 N–H and O–H groups in total. The number of carbonyl (C=O) groups excluding carboxylic acids is 1. The van der Waals surface area contributed by atoms with Crippen LogP contribution in [0.2, 0.25) is 0 Å². The van der Waals surface area contributed by atoms with Crippen LogP contribution in [0.15, 0.2) is 24.0 Å². The molecule has 1 aliphatic heterocycles. The lowest BCUT2D eigenvalue weighted by Gasteiger charge is -2.56. The summed E-state index contributed by atoms with van der Waals surface area (Å²) in [6, 6.07) is 4.62. The van der Waals surface area contributed by atoms with Gasteiger partial charge in [0.15, 0.2) is 23.0 Å². The molecule has 0 aromatic heterocycles. The number of unbranched alkanes of at least 4 members (excludes halogenated alkanes) is 7. The van der Waals surface area contributed by atoms with Gasteiger partial charge >= 0.3 is 0 Å². The minimum atomic E-state index is -0.243. The third-order valence-corrected chi connectivity index (χ3v) is 8.43. The van der Waals surface area contributed by atoms with Crippen molar-refractivity contribution in [3.63, 3.8) is 0 Å². The summed E-state index contributed by atoms with van der Waals surface area (Å²) in [6.07, 6.45) is 14.7. The number of allylic oxidation sites excluding steroid dienone is 1. The summed E-state index contributed by atoms with van der Waals surface area (Å²) in [4.78, 5) is 15.5. The predicted molar refractivity (Wildman–Crippen MR) is 136 cm³/mol. The first kappa shape index (κ1) is 25.1. The van der Waals surface area contributed by atoms with Crippen LogP contribution in [-0.4, -0.2) is 51.1 Å². The van der Waals surface area contributed by atoms with E-state index >= 15 is 0 Å². The van der Waals surface area contributed by atoms with Crippen LogP contribution in [-0.2, 0) is 21.4 Å².